The lowest BCUT2D eigenvalue weighted by molar-refractivity contribution is -0.123. The van der Waals surface area contributed by atoms with Crippen LogP contribution in [0.4, 0.5) is 5.69 Å². The van der Waals surface area contributed by atoms with Gasteiger partial charge in [-0.05, 0) is 56.3 Å². The monoisotopic (exact) mass is 358 g/mol. The van der Waals surface area contributed by atoms with Gasteiger partial charge in [0, 0.05) is 24.7 Å². The number of nitrogens with zero attached hydrogens (tertiary/aromatic N) is 1. The highest BCUT2D eigenvalue weighted by molar-refractivity contribution is 5.93. The fourth-order valence-corrected chi connectivity index (χ4v) is 4.34. The molecule has 1 heterocycles. The molecule has 0 aromatic heterocycles. The van der Waals surface area contributed by atoms with Crippen LogP contribution in [0, 0.1) is 17.8 Å². The number of para-hydroxylation sites is 1. The molecule has 1 aromatic rings. The summed E-state index contributed by atoms with van der Waals surface area (Å²) in [4.78, 5) is 26.5. The Morgan fingerprint density at radius 2 is 1.96 bits per heavy atom. The Labute approximate surface area is 155 Å². The minimum absolute atomic E-state index is 0.0160. The lowest BCUT2D eigenvalue weighted by Gasteiger charge is -2.31. The number of anilines is 1. The molecular weight excluding hydrogens is 328 g/mol. The van der Waals surface area contributed by atoms with Gasteiger partial charge in [-0.25, -0.2) is 0 Å². The number of likely N-dealkylation sites (tertiary alicyclic amines) is 1. The summed E-state index contributed by atoms with van der Waals surface area (Å²) in [5.74, 6) is 0.0987. The predicted molar refractivity (Wildman–Crippen MR) is 102 cm³/mol. The molecule has 0 spiro atoms. The van der Waals surface area contributed by atoms with Crippen molar-refractivity contribution in [3.63, 3.8) is 0 Å². The van der Waals surface area contributed by atoms with E-state index >= 15 is 0 Å². The molecule has 1 aromatic carbocycles. The zero-order chi connectivity index (χ0) is 18.5. The van der Waals surface area contributed by atoms with Crippen molar-refractivity contribution in [3.05, 3.63) is 29.8 Å². The quantitative estimate of drug-likeness (QED) is 0.720. The lowest BCUT2D eigenvalue weighted by atomic mass is 9.95. The van der Waals surface area contributed by atoms with Crippen molar-refractivity contribution < 1.29 is 9.59 Å². The average molecular weight is 358 g/mol. The second-order valence-electron chi connectivity index (χ2n) is 7.66. The normalized spacial score (nSPS) is 26.6. The van der Waals surface area contributed by atoms with Gasteiger partial charge in [-0.1, -0.05) is 24.6 Å². The van der Waals surface area contributed by atoms with Crippen molar-refractivity contribution in [1.82, 2.24) is 4.90 Å². The predicted octanol–water partition coefficient (Wildman–Crippen LogP) is 1.70. The third-order valence-corrected chi connectivity index (χ3v) is 5.88. The lowest BCUT2D eigenvalue weighted by Crippen LogP contribution is -2.40. The van der Waals surface area contributed by atoms with Crippen LogP contribution in [0.1, 0.15) is 37.7 Å². The first-order valence-corrected chi connectivity index (χ1v) is 9.69. The fraction of sp³-hybridized carbons (Fsp3) is 0.600. The molecule has 1 saturated heterocycles. The molecule has 1 saturated carbocycles. The molecule has 2 aliphatic rings. The van der Waals surface area contributed by atoms with E-state index < -0.39 is 0 Å². The summed E-state index contributed by atoms with van der Waals surface area (Å²) >= 11 is 0. The first kappa shape index (κ1) is 18.9. The van der Waals surface area contributed by atoms with Crippen LogP contribution in [0.3, 0.4) is 0 Å². The van der Waals surface area contributed by atoms with Gasteiger partial charge in [-0.15, -0.1) is 0 Å². The van der Waals surface area contributed by atoms with E-state index in [1.807, 2.05) is 24.3 Å². The molecule has 2 fully saturated rings. The van der Waals surface area contributed by atoms with Gasteiger partial charge in [0.05, 0.1) is 5.92 Å². The van der Waals surface area contributed by atoms with Crippen molar-refractivity contribution in [2.45, 2.75) is 38.6 Å². The largest absolute Gasteiger partial charge is 0.369 e. The number of nitrogens with one attached hydrogen (secondary N) is 1. The van der Waals surface area contributed by atoms with E-state index in [1.54, 1.807) is 0 Å². The van der Waals surface area contributed by atoms with Crippen LogP contribution in [0.5, 0.6) is 0 Å². The number of carbonyl (C=O) groups excluding carboxylic acids is 2. The number of carbonyl (C=O) groups is 2. The maximum Gasteiger partial charge on any atom is 0.227 e. The summed E-state index contributed by atoms with van der Waals surface area (Å²) in [5.41, 5.74) is 13.2. The molecule has 2 amide bonds. The molecule has 1 aliphatic carbocycles. The maximum absolute atomic E-state index is 12.7. The third-order valence-electron chi connectivity index (χ3n) is 5.88. The minimum Gasteiger partial charge on any atom is -0.369 e. The first-order chi connectivity index (χ1) is 12.6. The summed E-state index contributed by atoms with van der Waals surface area (Å²) in [5, 5.41) is 3.13. The van der Waals surface area contributed by atoms with E-state index in [9.17, 15) is 9.59 Å². The molecule has 0 radical (unpaired) electrons. The van der Waals surface area contributed by atoms with Crippen LogP contribution >= 0.6 is 0 Å². The summed E-state index contributed by atoms with van der Waals surface area (Å²) in [6.07, 6.45) is 4.87. The van der Waals surface area contributed by atoms with E-state index in [1.165, 1.54) is 0 Å². The van der Waals surface area contributed by atoms with Crippen molar-refractivity contribution in [2.75, 3.05) is 25.0 Å². The van der Waals surface area contributed by atoms with E-state index in [-0.39, 0.29) is 23.7 Å². The van der Waals surface area contributed by atoms with E-state index in [0.29, 0.717) is 25.6 Å². The van der Waals surface area contributed by atoms with Crippen molar-refractivity contribution >= 4 is 17.5 Å². The Hall–Kier alpha value is -1.92. The second-order valence-corrected chi connectivity index (χ2v) is 7.66. The van der Waals surface area contributed by atoms with Crippen molar-refractivity contribution in [1.29, 1.82) is 0 Å². The molecule has 6 heteroatoms. The Morgan fingerprint density at radius 1 is 1.15 bits per heavy atom. The standard InChI is InChI=1S/C20H30N4O2/c21-11-14-6-3-8-17(14)20(26)23-18-9-2-1-5-15(18)12-24-10-4-7-16(13-24)19(22)25/h1-2,5,9,14,16-17H,3-4,6-8,10-13,21H2,(H2,22,25)(H,23,26)/t14-,16?,17-/m1/s1. The van der Waals surface area contributed by atoms with Crippen LogP contribution in [0.15, 0.2) is 24.3 Å². The molecule has 1 aliphatic heterocycles. The molecule has 0 bridgehead atoms. The van der Waals surface area contributed by atoms with Gasteiger partial charge >= 0.3 is 0 Å². The Morgan fingerprint density at radius 3 is 2.73 bits per heavy atom. The molecule has 3 atom stereocenters. The highest BCUT2D eigenvalue weighted by atomic mass is 16.2. The van der Waals surface area contributed by atoms with Gasteiger partial charge in [-0.3, -0.25) is 14.5 Å². The van der Waals surface area contributed by atoms with Crippen LogP contribution in [0.25, 0.3) is 0 Å². The Kier molecular flexibility index (Phi) is 6.27. The Bertz CT molecular complexity index is 648. The van der Waals surface area contributed by atoms with Gasteiger partial charge < -0.3 is 16.8 Å². The average Bonchev–Trinajstić information content (AvgIpc) is 3.12. The summed E-state index contributed by atoms with van der Waals surface area (Å²) in [6, 6.07) is 7.92. The van der Waals surface area contributed by atoms with Gasteiger partial charge in [0.2, 0.25) is 11.8 Å². The number of amides is 2. The zero-order valence-electron chi connectivity index (χ0n) is 15.3. The number of nitrogens with two attached hydrogens (primary N) is 2. The number of hydrogen-bond donors (Lipinski definition) is 3. The summed E-state index contributed by atoms with van der Waals surface area (Å²) in [7, 11) is 0. The van der Waals surface area contributed by atoms with E-state index in [2.05, 4.69) is 10.2 Å². The van der Waals surface area contributed by atoms with Crippen LogP contribution in [-0.2, 0) is 16.1 Å². The van der Waals surface area contributed by atoms with Crippen molar-refractivity contribution in [3.8, 4) is 0 Å². The molecule has 1 unspecified atom stereocenters. The molecule has 26 heavy (non-hydrogen) atoms. The van der Waals surface area contributed by atoms with Crippen LogP contribution < -0.4 is 16.8 Å². The Balaban J connectivity index is 1.66. The SMILES string of the molecule is NC[C@H]1CCC[C@H]1C(=O)Nc1ccccc1CN1CCCC(C(N)=O)C1. The van der Waals surface area contributed by atoms with Crippen molar-refractivity contribution in [2.24, 2.45) is 29.2 Å². The number of benzene rings is 1. The number of primary amides is 1. The van der Waals surface area contributed by atoms with E-state index in [4.69, 9.17) is 11.5 Å². The van der Waals surface area contributed by atoms with Crippen LogP contribution in [0.2, 0.25) is 0 Å². The third kappa shape index (κ3) is 4.43. The molecule has 3 rings (SSSR count). The minimum atomic E-state index is -0.217. The molecule has 5 N–H and O–H groups in total. The molecule has 142 valence electrons. The molecular formula is C20H30N4O2. The van der Waals surface area contributed by atoms with Gasteiger partial charge in [0.1, 0.15) is 0 Å². The van der Waals surface area contributed by atoms with Gasteiger partial charge in [-0.2, -0.15) is 0 Å². The summed E-state index contributed by atoms with van der Waals surface area (Å²) in [6.45, 7) is 2.92. The first-order valence-electron chi connectivity index (χ1n) is 9.69. The highest BCUT2D eigenvalue weighted by Crippen LogP contribution is 2.32. The van der Waals surface area contributed by atoms with Crippen LogP contribution in [-0.4, -0.2) is 36.3 Å². The number of piperidine rings is 1. The van der Waals surface area contributed by atoms with Gasteiger partial charge in [0.25, 0.3) is 0 Å². The second kappa shape index (κ2) is 8.64. The van der Waals surface area contributed by atoms with E-state index in [0.717, 1.165) is 49.9 Å². The summed E-state index contributed by atoms with van der Waals surface area (Å²) < 4.78 is 0. The topological polar surface area (TPSA) is 101 Å². The smallest absolute Gasteiger partial charge is 0.227 e. The molecule has 6 nitrogen and oxygen atoms in total. The maximum atomic E-state index is 12.7. The zero-order valence-corrected chi connectivity index (χ0v) is 15.3. The number of hydrogen-bond acceptors (Lipinski definition) is 4. The highest BCUT2D eigenvalue weighted by Gasteiger charge is 2.32. The number of rotatable bonds is 6. The van der Waals surface area contributed by atoms with Gasteiger partial charge in [0.15, 0.2) is 0 Å². The fourth-order valence-electron chi connectivity index (χ4n) is 4.34.